The standard InChI is InChI=1S/C26H28N2O6S/c1-26(2,3)34-25(29)19-28(35(31,32)23-16-14-22(33-4)15-17-23)24-11-6-5-9-20(24)12-13-21-10-7-8-18-27(21)30/h5-18H,19H2,1-4H3/b13-12+. The van der Waals surface area contributed by atoms with Crippen LogP contribution in [0.4, 0.5) is 5.69 Å². The smallest absolute Gasteiger partial charge is 0.327 e. The maximum atomic E-state index is 13.7. The molecular weight excluding hydrogens is 468 g/mol. The topological polar surface area (TPSA) is 99.9 Å². The zero-order valence-corrected chi connectivity index (χ0v) is 20.9. The molecule has 0 radical (unpaired) electrons. The predicted octanol–water partition coefficient (Wildman–Crippen LogP) is 4.04. The van der Waals surface area contributed by atoms with Crippen LogP contribution in [0.15, 0.2) is 77.8 Å². The minimum Gasteiger partial charge on any atom is -0.618 e. The van der Waals surface area contributed by atoms with E-state index in [0.29, 0.717) is 21.7 Å². The van der Waals surface area contributed by atoms with Crippen LogP contribution in [-0.4, -0.2) is 33.6 Å². The van der Waals surface area contributed by atoms with E-state index in [0.717, 1.165) is 4.31 Å². The molecule has 35 heavy (non-hydrogen) atoms. The fraction of sp³-hybridized carbons (Fsp3) is 0.231. The Morgan fingerprint density at radius 3 is 2.29 bits per heavy atom. The van der Waals surface area contributed by atoms with E-state index in [1.807, 2.05) is 0 Å². The SMILES string of the molecule is COc1ccc(S(=O)(=O)N(CC(=O)OC(C)(C)C)c2ccccc2/C=C/c2cccc[n+]2[O-])cc1. The summed E-state index contributed by atoms with van der Waals surface area (Å²) in [7, 11) is -2.68. The normalized spacial score (nSPS) is 11.9. The summed E-state index contributed by atoms with van der Waals surface area (Å²) in [5.41, 5.74) is 0.344. The second kappa shape index (κ2) is 10.6. The van der Waals surface area contributed by atoms with Gasteiger partial charge in [0.05, 0.1) is 17.7 Å². The molecule has 3 rings (SSSR count). The fourth-order valence-electron chi connectivity index (χ4n) is 3.27. The van der Waals surface area contributed by atoms with Crippen molar-refractivity contribution in [2.75, 3.05) is 18.0 Å². The van der Waals surface area contributed by atoms with Crippen molar-refractivity contribution >= 4 is 33.8 Å². The molecule has 1 aromatic heterocycles. The highest BCUT2D eigenvalue weighted by Gasteiger charge is 2.30. The zero-order chi connectivity index (χ0) is 25.6. The van der Waals surface area contributed by atoms with Gasteiger partial charge in [0.1, 0.15) is 17.9 Å². The molecular formula is C26H28N2O6S. The van der Waals surface area contributed by atoms with Crippen molar-refractivity contribution in [3.8, 4) is 5.75 Å². The molecule has 0 saturated carbocycles. The lowest BCUT2D eigenvalue weighted by Crippen LogP contribution is -2.39. The highest BCUT2D eigenvalue weighted by atomic mass is 32.2. The monoisotopic (exact) mass is 496 g/mol. The van der Waals surface area contributed by atoms with Gasteiger partial charge in [-0.1, -0.05) is 18.2 Å². The lowest BCUT2D eigenvalue weighted by Gasteiger charge is -2.27. The van der Waals surface area contributed by atoms with E-state index in [1.165, 1.54) is 37.6 Å². The molecule has 0 amide bonds. The highest BCUT2D eigenvalue weighted by molar-refractivity contribution is 7.92. The molecule has 0 N–H and O–H groups in total. The van der Waals surface area contributed by atoms with E-state index in [9.17, 15) is 18.4 Å². The van der Waals surface area contributed by atoms with E-state index in [1.54, 1.807) is 75.4 Å². The Bertz CT molecular complexity index is 1310. The first-order valence-corrected chi connectivity index (χ1v) is 12.3. The van der Waals surface area contributed by atoms with Crippen molar-refractivity contribution in [3.05, 3.63) is 89.4 Å². The molecule has 0 bridgehead atoms. The number of sulfonamides is 1. The van der Waals surface area contributed by atoms with E-state index < -0.39 is 28.1 Å². The number of hydrogen-bond acceptors (Lipinski definition) is 6. The number of nitrogens with zero attached hydrogens (tertiary/aromatic N) is 2. The summed E-state index contributed by atoms with van der Waals surface area (Å²) >= 11 is 0. The van der Waals surface area contributed by atoms with Crippen LogP contribution < -0.4 is 13.8 Å². The van der Waals surface area contributed by atoms with Gasteiger partial charge in [0.25, 0.3) is 10.0 Å². The summed E-state index contributed by atoms with van der Waals surface area (Å²) in [5, 5.41) is 12.0. The molecule has 0 aliphatic heterocycles. The number of para-hydroxylation sites is 1. The molecule has 0 atom stereocenters. The van der Waals surface area contributed by atoms with Crippen LogP contribution in [0.2, 0.25) is 0 Å². The van der Waals surface area contributed by atoms with E-state index >= 15 is 0 Å². The molecule has 3 aromatic rings. The largest absolute Gasteiger partial charge is 0.618 e. The fourth-order valence-corrected chi connectivity index (χ4v) is 4.70. The second-order valence-corrected chi connectivity index (χ2v) is 10.5. The van der Waals surface area contributed by atoms with Gasteiger partial charge in [0, 0.05) is 18.2 Å². The van der Waals surface area contributed by atoms with Crippen LogP contribution >= 0.6 is 0 Å². The van der Waals surface area contributed by atoms with Crippen LogP contribution in [0, 0.1) is 5.21 Å². The van der Waals surface area contributed by atoms with Crippen LogP contribution in [0.3, 0.4) is 0 Å². The zero-order valence-electron chi connectivity index (χ0n) is 20.0. The third-order valence-corrected chi connectivity index (χ3v) is 6.61. The van der Waals surface area contributed by atoms with Gasteiger partial charge < -0.3 is 14.7 Å². The Hall–Kier alpha value is -3.85. The lowest BCUT2D eigenvalue weighted by atomic mass is 10.1. The molecule has 0 aliphatic rings. The number of ether oxygens (including phenoxy) is 2. The van der Waals surface area contributed by atoms with Crippen molar-refractivity contribution in [3.63, 3.8) is 0 Å². The van der Waals surface area contributed by atoms with Crippen molar-refractivity contribution < 1.29 is 27.4 Å². The van der Waals surface area contributed by atoms with Gasteiger partial charge in [-0.15, -0.1) is 0 Å². The molecule has 9 heteroatoms. The third kappa shape index (κ3) is 6.60. The number of methoxy groups -OCH3 is 1. The van der Waals surface area contributed by atoms with Gasteiger partial charge in [0.15, 0.2) is 6.20 Å². The number of pyridine rings is 1. The molecule has 8 nitrogen and oxygen atoms in total. The predicted molar refractivity (Wildman–Crippen MR) is 134 cm³/mol. The maximum Gasteiger partial charge on any atom is 0.327 e. The molecule has 0 spiro atoms. The van der Waals surface area contributed by atoms with Gasteiger partial charge in [0.2, 0.25) is 5.69 Å². The second-order valence-electron chi connectivity index (χ2n) is 8.62. The van der Waals surface area contributed by atoms with Crippen LogP contribution in [-0.2, 0) is 19.6 Å². The maximum absolute atomic E-state index is 13.7. The van der Waals surface area contributed by atoms with Gasteiger partial charge >= 0.3 is 5.97 Å². The van der Waals surface area contributed by atoms with E-state index in [-0.39, 0.29) is 10.6 Å². The Morgan fingerprint density at radius 1 is 1.00 bits per heavy atom. The molecule has 0 aliphatic carbocycles. The molecule has 0 saturated heterocycles. The summed E-state index contributed by atoms with van der Waals surface area (Å²) in [4.78, 5) is 12.7. The number of anilines is 1. The summed E-state index contributed by atoms with van der Waals surface area (Å²) < 4.78 is 39.7. The molecule has 1 heterocycles. The molecule has 0 fully saturated rings. The van der Waals surface area contributed by atoms with Gasteiger partial charge in [-0.3, -0.25) is 9.10 Å². The van der Waals surface area contributed by atoms with Crippen molar-refractivity contribution in [2.45, 2.75) is 31.3 Å². The molecule has 184 valence electrons. The molecule has 0 unspecified atom stereocenters. The summed E-state index contributed by atoms with van der Waals surface area (Å²) in [6, 6.07) is 17.6. The summed E-state index contributed by atoms with van der Waals surface area (Å²) in [6.45, 7) is 4.59. The number of carbonyl (C=O) groups excluding carboxylic acids is 1. The van der Waals surface area contributed by atoms with E-state index in [2.05, 4.69) is 0 Å². The number of carbonyl (C=O) groups is 1. The third-order valence-electron chi connectivity index (χ3n) is 4.83. The van der Waals surface area contributed by atoms with Gasteiger partial charge in [-0.2, -0.15) is 4.73 Å². The van der Waals surface area contributed by atoms with Gasteiger partial charge in [-0.25, -0.2) is 8.42 Å². The Labute approximate surface area is 205 Å². The highest BCUT2D eigenvalue weighted by Crippen LogP contribution is 2.29. The average molecular weight is 497 g/mol. The van der Waals surface area contributed by atoms with Crippen LogP contribution in [0.5, 0.6) is 5.75 Å². The number of hydrogen-bond donors (Lipinski definition) is 0. The average Bonchev–Trinajstić information content (AvgIpc) is 2.81. The molecule has 2 aromatic carbocycles. The number of esters is 1. The minimum absolute atomic E-state index is 0.0129. The van der Waals surface area contributed by atoms with Crippen molar-refractivity contribution in [1.29, 1.82) is 0 Å². The summed E-state index contributed by atoms with van der Waals surface area (Å²) in [5.74, 6) is -0.200. The number of benzene rings is 2. The van der Waals surface area contributed by atoms with Crippen molar-refractivity contribution in [1.82, 2.24) is 0 Å². The first kappa shape index (κ1) is 25.8. The van der Waals surface area contributed by atoms with Crippen molar-refractivity contribution in [2.24, 2.45) is 0 Å². The van der Waals surface area contributed by atoms with Crippen LogP contribution in [0.25, 0.3) is 12.2 Å². The number of rotatable bonds is 8. The Morgan fingerprint density at radius 2 is 1.66 bits per heavy atom. The Balaban J connectivity index is 2.08. The lowest BCUT2D eigenvalue weighted by molar-refractivity contribution is -0.607. The van der Waals surface area contributed by atoms with E-state index in [4.69, 9.17) is 9.47 Å². The first-order chi connectivity index (χ1) is 16.5. The Kier molecular flexibility index (Phi) is 7.81. The minimum atomic E-state index is -4.17. The first-order valence-electron chi connectivity index (χ1n) is 10.9. The number of aromatic nitrogens is 1. The quantitative estimate of drug-likeness (QED) is 0.265. The van der Waals surface area contributed by atoms with Crippen LogP contribution in [0.1, 0.15) is 32.0 Å². The van der Waals surface area contributed by atoms with Gasteiger partial charge in [-0.05, 0) is 68.8 Å². The summed E-state index contributed by atoms with van der Waals surface area (Å²) in [6.07, 6.45) is 4.58.